The summed E-state index contributed by atoms with van der Waals surface area (Å²) in [5.74, 6) is 0.760. The number of aromatic nitrogens is 3. The van der Waals surface area contributed by atoms with E-state index in [-0.39, 0.29) is 12.2 Å². The first-order chi connectivity index (χ1) is 16.1. The number of carbonyl (C=O) groups excluding carboxylic acids is 1. The van der Waals surface area contributed by atoms with Crippen molar-refractivity contribution in [1.29, 1.82) is 0 Å². The van der Waals surface area contributed by atoms with Gasteiger partial charge in [0.1, 0.15) is 12.1 Å². The van der Waals surface area contributed by atoms with E-state index in [1.165, 1.54) is 24.9 Å². The first-order valence-corrected chi connectivity index (χ1v) is 11.7. The van der Waals surface area contributed by atoms with Crippen LogP contribution in [0.25, 0.3) is 10.9 Å². The highest BCUT2D eigenvalue weighted by Crippen LogP contribution is 2.23. The summed E-state index contributed by atoms with van der Waals surface area (Å²) in [5.41, 5.74) is 3.59. The Morgan fingerprint density at radius 2 is 1.91 bits per heavy atom. The van der Waals surface area contributed by atoms with Gasteiger partial charge in [0.2, 0.25) is 0 Å². The van der Waals surface area contributed by atoms with Crippen molar-refractivity contribution in [2.75, 3.05) is 44.6 Å². The number of nitrogens with one attached hydrogen (secondary N) is 1. The summed E-state index contributed by atoms with van der Waals surface area (Å²) >= 11 is 0. The van der Waals surface area contributed by atoms with E-state index in [9.17, 15) is 4.79 Å². The molecule has 0 spiro atoms. The topological polar surface area (TPSA) is 74.2 Å². The maximum absolute atomic E-state index is 12.5. The molecule has 1 N–H and O–H groups in total. The molecule has 7 nitrogen and oxygen atoms in total. The molecule has 3 aromatic rings. The Labute approximate surface area is 195 Å². The number of carbonyl (C=O) groups is 1. The molecule has 0 bridgehead atoms. The zero-order valence-corrected chi connectivity index (χ0v) is 19.5. The van der Waals surface area contributed by atoms with E-state index < -0.39 is 0 Å². The quantitative estimate of drug-likeness (QED) is 0.504. The van der Waals surface area contributed by atoms with Gasteiger partial charge in [0.15, 0.2) is 5.78 Å². The molecule has 0 saturated carbocycles. The van der Waals surface area contributed by atoms with Crippen LogP contribution in [0.1, 0.15) is 24.6 Å². The van der Waals surface area contributed by atoms with E-state index in [0.717, 1.165) is 49.3 Å². The van der Waals surface area contributed by atoms with Crippen molar-refractivity contribution >= 4 is 28.2 Å². The number of benzene rings is 1. The van der Waals surface area contributed by atoms with Gasteiger partial charge in [-0.1, -0.05) is 25.1 Å². The maximum Gasteiger partial charge on any atom is 0.161 e. The highest BCUT2D eigenvalue weighted by Gasteiger charge is 2.15. The van der Waals surface area contributed by atoms with Crippen molar-refractivity contribution < 1.29 is 4.79 Å². The number of piperazine rings is 1. The van der Waals surface area contributed by atoms with Gasteiger partial charge in [-0.05, 0) is 49.7 Å². The first kappa shape index (κ1) is 23.0. The SMILES string of the molecule is CCCN1CCN(C/C=C/C(=O)Cc2cc3c(Nc4cccc(C)c4)ncnc3cn2)CC1. The normalized spacial score (nSPS) is 15.3. The summed E-state index contributed by atoms with van der Waals surface area (Å²) in [6.45, 7) is 10.6. The summed E-state index contributed by atoms with van der Waals surface area (Å²) in [4.78, 5) is 30.6. The molecule has 2 aromatic heterocycles. The fourth-order valence-corrected chi connectivity index (χ4v) is 4.14. The van der Waals surface area contributed by atoms with Crippen LogP contribution in [0, 0.1) is 6.92 Å². The van der Waals surface area contributed by atoms with E-state index in [1.54, 1.807) is 12.3 Å². The van der Waals surface area contributed by atoms with Gasteiger partial charge in [-0.3, -0.25) is 14.7 Å². The Morgan fingerprint density at radius 1 is 1.09 bits per heavy atom. The lowest BCUT2D eigenvalue weighted by Crippen LogP contribution is -2.46. The Balaban J connectivity index is 1.37. The highest BCUT2D eigenvalue weighted by atomic mass is 16.1. The minimum atomic E-state index is 0.0523. The van der Waals surface area contributed by atoms with Crippen molar-refractivity contribution in [3.05, 3.63) is 66.3 Å². The molecule has 1 saturated heterocycles. The molecular formula is C26H32N6O. The van der Waals surface area contributed by atoms with Gasteiger partial charge in [-0.15, -0.1) is 0 Å². The molecule has 0 amide bonds. The van der Waals surface area contributed by atoms with Gasteiger partial charge >= 0.3 is 0 Å². The third-order valence-electron chi connectivity index (χ3n) is 5.89. The molecule has 7 heteroatoms. The molecule has 0 unspecified atom stereocenters. The molecule has 4 rings (SSSR count). The summed E-state index contributed by atoms with van der Waals surface area (Å²) < 4.78 is 0. The van der Waals surface area contributed by atoms with E-state index in [2.05, 4.69) is 56.0 Å². The highest BCUT2D eigenvalue weighted by molar-refractivity contribution is 5.93. The number of anilines is 2. The maximum atomic E-state index is 12.5. The van der Waals surface area contributed by atoms with Crippen LogP contribution in [0.4, 0.5) is 11.5 Å². The molecule has 0 aliphatic carbocycles. The predicted molar refractivity (Wildman–Crippen MR) is 133 cm³/mol. The molecule has 0 radical (unpaired) electrons. The number of ketones is 1. The Hall–Kier alpha value is -3.16. The van der Waals surface area contributed by atoms with Crippen molar-refractivity contribution in [2.45, 2.75) is 26.7 Å². The van der Waals surface area contributed by atoms with Crippen molar-refractivity contribution in [3.63, 3.8) is 0 Å². The molecule has 1 aliphatic rings. The zero-order valence-electron chi connectivity index (χ0n) is 19.5. The van der Waals surface area contributed by atoms with Crippen LogP contribution in [0.2, 0.25) is 0 Å². The Morgan fingerprint density at radius 3 is 2.70 bits per heavy atom. The molecule has 172 valence electrons. The predicted octanol–water partition coefficient (Wildman–Crippen LogP) is 3.77. The minimum Gasteiger partial charge on any atom is -0.340 e. The average Bonchev–Trinajstić information content (AvgIpc) is 2.81. The van der Waals surface area contributed by atoms with Crippen molar-refractivity contribution in [1.82, 2.24) is 24.8 Å². The van der Waals surface area contributed by atoms with Crippen LogP contribution in [-0.2, 0) is 11.2 Å². The lowest BCUT2D eigenvalue weighted by molar-refractivity contribution is -0.114. The Bertz CT molecular complexity index is 1120. The molecule has 1 aromatic carbocycles. The molecular weight excluding hydrogens is 412 g/mol. The van der Waals surface area contributed by atoms with Gasteiger partial charge in [-0.25, -0.2) is 9.97 Å². The monoisotopic (exact) mass is 444 g/mol. The van der Waals surface area contributed by atoms with Crippen LogP contribution < -0.4 is 5.32 Å². The van der Waals surface area contributed by atoms with Gasteiger partial charge in [-0.2, -0.15) is 0 Å². The van der Waals surface area contributed by atoms with E-state index in [1.807, 2.05) is 24.3 Å². The van der Waals surface area contributed by atoms with Crippen LogP contribution >= 0.6 is 0 Å². The fourth-order valence-electron chi connectivity index (χ4n) is 4.14. The van der Waals surface area contributed by atoms with Gasteiger partial charge in [0.05, 0.1) is 18.1 Å². The minimum absolute atomic E-state index is 0.0523. The summed E-state index contributed by atoms with van der Waals surface area (Å²) in [6, 6.07) is 10.0. The molecule has 1 aliphatic heterocycles. The summed E-state index contributed by atoms with van der Waals surface area (Å²) in [7, 11) is 0. The van der Waals surface area contributed by atoms with E-state index in [4.69, 9.17) is 0 Å². The average molecular weight is 445 g/mol. The summed E-state index contributed by atoms with van der Waals surface area (Å²) in [6.07, 6.45) is 8.37. The standard InChI is InChI=1S/C26H32N6O/c1-3-9-31-11-13-32(14-12-31)10-5-8-23(33)16-22-17-24-25(18-27-22)28-19-29-26(24)30-21-7-4-6-20(2)15-21/h4-8,15,17-19H,3,9-14,16H2,1-2H3,(H,28,29,30)/b8-5+. The lowest BCUT2D eigenvalue weighted by Gasteiger charge is -2.33. The number of nitrogens with zero attached hydrogens (tertiary/aromatic N) is 5. The van der Waals surface area contributed by atoms with Crippen LogP contribution in [0.3, 0.4) is 0 Å². The van der Waals surface area contributed by atoms with Crippen molar-refractivity contribution in [3.8, 4) is 0 Å². The second-order valence-electron chi connectivity index (χ2n) is 8.60. The zero-order chi connectivity index (χ0) is 23.0. The molecule has 33 heavy (non-hydrogen) atoms. The number of aryl methyl sites for hydroxylation is 1. The number of rotatable bonds is 9. The lowest BCUT2D eigenvalue weighted by atomic mass is 10.1. The number of hydrogen-bond donors (Lipinski definition) is 1. The van der Waals surface area contributed by atoms with Gasteiger partial charge in [0.25, 0.3) is 0 Å². The first-order valence-electron chi connectivity index (χ1n) is 11.7. The molecule has 0 atom stereocenters. The van der Waals surface area contributed by atoms with Gasteiger partial charge in [0, 0.05) is 49.5 Å². The molecule has 1 fully saturated rings. The third-order valence-corrected chi connectivity index (χ3v) is 5.89. The number of allylic oxidation sites excluding steroid dienone is 1. The summed E-state index contributed by atoms with van der Waals surface area (Å²) in [5, 5.41) is 4.22. The Kier molecular flexibility index (Phi) is 7.75. The van der Waals surface area contributed by atoms with E-state index >= 15 is 0 Å². The fraction of sp³-hybridized carbons (Fsp3) is 0.385. The van der Waals surface area contributed by atoms with Gasteiger partial charge < -0.3 is 10.2 Å². The largest absolute Gasteiger partial charge is 0.340 e. The molecule has 3 heterocycles. The van der Waals surface area contributed by atoms with Crippen molar-refractivity contribution in [2.24, 2.45) is 0 Å². The second-order valence-corrected chi connectivity index (χ2v) is 8.60. The number of hydrogen-bond acceptors (Lipinski definition) is 7. The third kappa shape index (κ3) is 6.43. The van der Waals surface area contributed by atoms with Crippen LogP contribution in [-0.4, -0.2) is 69.8 Å². The van der Waals surface area contributed by atoms with E-state index in [0.29, 0.717) is 11.5 Å². The van der Waals surface area contributed by atoms with Crippen LogP contribution in [0.5, 0.6) is 0 Å². The number of pyridine rings is 1. The van der Waals surface area contributed by atoms with Crippen LogP contribution in [0.15, 0.2) is 55.0 Å². The second kappa shape index (κ2) is 11.1. The number of fused-ring (bicyclic) bond motifs is 1. The smallest absolute Gasteiger partial charge is 0.161 e.